The van der Waals surface area contributed by atoms with E-state index in [1.165, 1.54) is 17.6 Å². The number of nitrogens with one attached hydrogen (secondary N) is 3. The van der Waals surface area contributed by atoms with Crippen LogP contribution in [0.5, 0.6) is 0 Å². The van der Waals surface area contributed by atoms with Crippen LogP contribution >= 0.6 is 11.6 Å². The molecule has 0 aromatic carbocycles. The van der Waals surface area contributed by atoms with E-state index in [0.717, 1.165) is 31.6 Å². The molecule has 1 fully saturated rings. The number of aromatic nitrogens is 2. The molecule has 0 aliphatic carbocycles. The highest BCUT2D eigenvalue weighted by Gasteiger charge is 2.42. The van der Waals surface area contributed by atoms with Crippen molar-refractivity contribution in [3.05, 3.63) is 46.8 Å². The summed E-state index contributed by atoms with van der Waals surface area (Å²) in [7, 11) is 0. The van der Waals surface area contributed by atoms with Gasteiger partial charge in [0.2, 0.25) is 0 Å². The number of hydrogen-bond acceptors (Lipinski definition) is 7. The Labute approximate surface area is 145 Å². The van der Waals surface area contributed by atoms with E-state index in [2.05, 4.69) is 56.2 Å². The Morgan fingerprint density at radius 3 is 2.92 bits per heavy atom. The van der Waals surface area contributed by atoms with Gasteiger partial charge in [0.1, 0.15) is 22.8 Å². The minimum Gasteiger partial charge on any atom is -0.382 e. The summed E-state index contributed by atoms with van der Waals surface area (Å²) in [6.45, 7) is 4.10. The third kappa shape index (κ3) is 2.40. The van der Waals surface area contributed by atoms with E-state index >= 15 is 0 Å². The van der Waals surface area contributed by atoms with Gasteiger partial charge in [-0.3, -0.25) is 0 Å². The van der Waals surface area contributed by atoms with Crippen LogP contribution in [0, 0.1) is 0 Å². The summed E-state index contributed by atoms with van der Waals surface area (Å²) in [6, 6.07) is 0. The molecule has 0 radical (unpaired) electrons. The van der Waals surface area contributed by atoms with Gasteiger partial charge in [-0.15, -0.1) is 0 Å². The average molecular weight is 346 g/mol. The van der Waals surface area contributed by atoms with Gasteiger partial charge in [-0.2, -0.15) is 0 Å². The second-order valence-electron chi connectivity index (χ2n) is 6.28. The van der Waals surface area contributed by atoms with Gasteiger partial charge in [0, 0.05) is 25.2 Å². The zero-order valence-corrected chi connectivity index (χ0v) is 14.2. The molecule has 1 spiro atoms. The number of allylic oxidation sites excluding steroid dienone is 2. The van der Waals surface area contributed by atoms with E-state index in [1.807, 2.05) is 0 Å². The predicted molar refractivity (Wildman–Crippen MR) is 94.8 cm³/mol. The zero-order chi connectivity index (χ0) is 16.7. The highest BCUT2D eigenvalue weighted by Crippen LogP contribution is 2.38. The minimum absolute atomic E-state index is 0.0580. The second kappa shape index (κ2) is 5.68. The molecule has 1 saturated heterocycles. The van der Waals surface area contributed by atoms with Gasteiger partial charge in [0.05, 0.1) is 11.4 Å². The third-order valence-corrected chi connectivity index (χ3v) is 5.12. The van der Waals surface area contributed by atoms with Crippen LogP contribution in [-0.2, 0) is 0 Å². The summed E-state index contributed by atoms with van der Waals surface area (Å²) in [5, 5.41) is 10.6. The summed E-state index contributed by atoms with van der Waals surface area (Å²) < 4.78 is 0. The number of fused-ring (bicyclic) bond motifs is 2. The van der Waals surface area contributed by atoms with Crippen molar-refractivity contribution in [2.24, 2.45) is 0 Å². The summed E-state index contributed by atoms with van der Waals surface area (Å²) in [6.07, 6.45) is 9.77. The standard InChI is InChI=1S/C16H20ClN7/c1-10-6-11(23-15-13(17)14(18)20-9-21-15)8-24-12(10)7-22-16(24)2-4-19-5-3-16/h6-9,19,22H,2-5H2,1H3,(H3,18,20,21,23). The quantitative estimate of drug-likeness (QED) is 0.649. The zero-order valence-electron chi connectivity index (χ0n) is 13.4. The van der Waals surface area contributed by atoms with Crippen molar-refractivity contribution in [3.63, 3.8) is 0 Å². The third-order valence-electron chi connectivity index (χ3n) is 4.75. The van der Waals surface area contributed by atoms with Crippen LogP contribution in [0.3, 0.4) is 0 Å². The van der Waals surface area contributed by atoms with Crippen molar-refractivity contribution in [1.29, 1.82) is 0 Å². The predicted octanol–water partition coefficient (Wildman–Crippen LogP) is 1.75. The highest BCUT2D eigenvalue weighted by molar-refractivity contribution is 6.35. The molecule has 1 aromatic heterocycles. The normalized spacial score (nSPS) is 21.6. The summed E-state index contributed by atoms with van der Waals surface area (Å²) in [4.78, 5) is 10.4. The van der Waals surface area contributed by atoms with Gasteiger partial charge in [-0.05, 0) is 31.7 Å². The Morgan fingerprint density at radius 2 is 2.12 bits per heavy atom. The molecule has 126 valence electrons. The number of halogens is 1. The Balaban J connectivity index is 1.65. The summed E-state index contributed by atoms with van der Waals surface area (Å²) >= 11 is 6.20. The van der Waals surface area contributed by atoms with Crippen molar-refractivity contribution in [3.8, 4) is 0 Å². The molecule has 0 unspecified atom stereocenters. The lowest BCUT2D eigenvalue weighted by molar-refractivity contribution is 0.134. The van der Waals surface area contributed by atoms with Crippen LogP contribution in [0.2, 0.25) is 5.02 Å². The molecule has 4 heterocycles. The Kier molecular flexibility index (Phi) is 3.62. The average Bonchev–Trinajstić information content (AvgIpc) is 2.92. The van der Waals surface area contributed by atoms with E-state index in [4.69, 9.17) is 17.3 Å². The van der Waals surface area contributed by atoms with E-state index in [9.17, 15) is 0 Å². The van der Waals surface area contributed by atoms with Crippen LogP contribution in [0.15, 0.2) is 41.8 Å². The molecule has 24 heavy (non-hydrogen) atoms. The highest BCUT2D eigenvalue weighted by atomic mass is 35.5. The Hall–Kier alpha value is -2.25. The molecule has 8 heteroatoms. The monoisotopic (exact) mass is 345 g/mol. The fourth-order valence-electron chi connectivity index (χ4n) is 3.45. The van der Waals surface area contributed by atoms with E-state index in [0.29, 0.717) is 10.8 Å². The molecule has 3 aliphatic rings. The van der Waals surface area contributed by atoms with Crippen molar-refractivity contribution in [2.45, 2.75) is 25.4 Å². The van der Waals surface area contributed by atoms with Crippen LogP contribution in [0.4, 0.5) is 11.6 Å². The van der Waals surface area contributed by atoms with Crippen LogP contribution < -0.4 is 21.7 Å². The fourth-order valence-corrected chi connectivity index (χ4v) is 3.60. The topological polar surface area (TPSA) is 91.1 Å². The largest absolute Gasteiger partial charge is 0.382 e. The lowest BCUT2D eigenvalue weighted by atomic mass is 9.95. The van der Waals surface area contributed by atoms with Gasteiger partial charge < -0.3 is 26.6 Å². The minimum atomic E-state index is -0.0580. The lowest BCUT2D eigenvalue weighted by Gasteiger charge is -2.44. The molecule has 7 nitrogen and oxygen atoms in total. The number of nitrogen functional groups attached to an aromatic ring is 1. The molecule has 0 atom stereocenters. The molecule has 0 amide bonds. The van der Waals surface area contributed by atoms with Gasteiger partial charge in [-0.1, -0.05) is 11.6 Å². The van der Waals surface area contributed by atoms with Crippen molar-refractivity contribution >= 4 is 23.2 Å². The van der Waals surface area contributed by atoms with Gasteiger partial charge in [0.25, 0.3) is 0 Å². The van der Waals surface area contributed by atoms with Crippen LogP contribution in [-0.4, -0.2) is 33.6 Å². The van der Waals surface area contributed by atoms with Gasteiger partial charge in [0.15, 0.2) is 5.82 Å². The Morgan fingerprint density at radius 1 is 1.33 bits per heavy atom. The van der Waals surface area contributed by atoms with Crippen LogP contribution in [0.1, 0.15) is 19.8 Å². The summed E-state index contributed by atoms with van der Waals surface area (Å²) in [5.41, 5.74) is 9.01. The lowest BCUT2D eigenvalue weighted by Crippen LogP contribution is -2.56. The molecule has 0 saturated carbocycles. The smallest absolute Gasteiger partial charge is 0.154 e. The maximum absolute atomic E-state index is 6.20. The van der Waals surface area contributed by atoms with E-state index in [-0.39, 0.29) is 11.5 Å². The maximum atomic E-state index is 6.20. The number of rotatable bonds is 2. The molecule has 3 aliphatic heterocycles. The maximum Gasteiger partial charge on any atom is 0.154 e. The van der Waals surface area contributed by atoms with E-state index < -0.39 is 0 Å². The summed E-state index contributed by atoms with van der Waals surface area (Å²) in [5.74, 6) is 0.781. The molecular weight excluding hydrogens is 326 g/mol. The van der Waals surface area contributed by atoms with Crippen LogP contribution in [0.25, 0.3) is 0 Å². The molecule has 0 bridgehead atoms. The SMILES string of the molecule is CC1=CC(Nc2ncnc(N)c2Cl)=CN2C1=CNC21CCNCC1. The number of anilines is 2. The van der Waals surface area contributed by atoms with E-state index in [1.54, 1.807) is 0 Å². The first kappa shape index (κ1) is 15.3. The van der Waals surface area contributed by atoms with Crippen molar-refractivity contribution < 1.29 is 0 Å². The fraction of sp³-hybridized carbons (Fsp3) is 0.375. The first-order valence-corrected chi connectivity index (χ1v) is 8.38. The number of hydrogen-bond donors (Lipinski definition) is 4. The Bertz CT molecular complexity index is 762. The van der Waals surface area contributed by atoms with Gasteiger partial charge >= 0.3 is 0 Å². The number of nitrogens with zero attached hydrogens (tertiary/aromatic N) is 3. The molecule has 1 aromatic rings. The second-order valence-corrected chi connectivity index (χ2v) is 6.66. The first-order valence-electron chi connectivity index (χ1n) is 8.00. The molecular formula is C16H20ClN7. The molecule has 5 N–H and O–H groups in total. The van der Waals surface area contributed by atoms with Gasteiger partial charge in [-0.25, -0.2) is 9.97 Å². The van der Waals surface area contributed by atoms with Crippen molar-refractivity contribution in [1.82, 2.24) is 25.5 Å². The first-order chi connectivity index (χ1) is 11.6. The number of piperidine rings is 1. The number of nitrogens with two attached hydrogens (primary N) is 1. The van der Waals surface area contributed by atoms with Crippen molar-refractivity contribution in [2.75, 3.05) is 24.1 Å². The molecule has 4 rings (SSSR count).